The number of rotatable bonds is 8. The zero-order chi connectivity index (χ0) is 22.1. The van der Waals surface area contributed by atoms with E-state index in [-0.39, 0.29) is 18.4 Å². The summed E-state index contributed by atoms with van der Waals surface area (Å²) in [6.07, 6.45) is 4.69. The van der Waals surface area contributed by atoms with Crippen LogP contribution in [0.4, 0.5) is 5.69 Å². The lowest BCUT2D eigenvalue weighted by atomic mass is 9.97. The van der Waals surface area contributed by atoms with E-state index in [1.807, 2.05) is 38.1 Å². The van der Waals surface area contributed by atoms with Crippen LogP contribution in [-0.4, -0.2) is 24.4 Å². The van der Waals surface area contributed by atoms with Crippen molar-refractivity contribution in [1.29, 1.82) is 0 Å². The van der Waals surface area contributed by atoms with E-state index < -0.39 is 11.9 Å². The maximum atomic E-state index is 13.0. The SMILES string of the molecule is CCOC(=O)c1cccc(NC(=O)/C(=C/c2ccccc2/C=C/C(N)=O)C(C)C)c1. The number of nitrogens with two attached hydrogens (primary N) is 1. The first kappa shape index (κ1) is 22.6. The molecule has 3 N–H and O–H groups in total. The number of hydrogen-bond donors (Lipinski definition) is 2. The van der Waals surface area contributed by atoms with Gasteiger partial charge in [-0.25, -0.2) is 4.79 Å². The first-order valence-corrected chi connectivity index (χ1v) is 9.68. The molecule has 0 heterocycles. The number of hydrogen-bond acceptors (Lipinski definition) is 4. The van der Waals surface area contributed by atoms with Gasteiger partial charge in [0.25, 0.3) is 5.91 Å². The second-order valence-corrected chi connectivity index (χ2v) is 6.87. The summed E-state index contributed by atoms with van der Waals surface area (Å²) in [4.78, 5) is 35.9. The predicted molar refractivity (Wildman–Crippen MR) is 119 cm³/mol. The monoisotopic (exact) mass is 406 g/mol. The third-order valence-corrected chi connectivity index (χ3v) is 4.25. The molecule has 6 nitrogen and oxygen atoms in total. The summed E-state index contributed by atoms with van der Waals surface area (Å²) in [6, 6.07) is 14.0. The number of carbonyl (C=O) groups is 3. The van der Waals surface area contributed by atoms with Crippen LogP contribution in [0.1, 0.15) is 42.3 Å². The van der Waals surface area contributed by atoms with Crippen molar-refractivity contribution in [2.45, 2.75) is 20.8 Å². The third-order valence-electron chi connectivity index (χ3n) is 4.25. The van der Waals surface area contributed by atoms with E-state index in [0.717, 1.165) is 11.1 Å². The summed E-state index contributed by atoms with van der Waals surface area (Å²) in [6.45, 7) is 5.85. The van der Waals surface area contributed by atoms with Crippen molar-refractivity contribution >= 4 is 35.6 Å². The number of primary amides is 1. The highest BCUT2D eigenvalue weighted by atomic mass is 16.5. The fourth-order valence-corrected chi connectivity index (χ4v) is 2.77. The standard InChI is InChI=1S/C24H26N2O4/c1-4-30-24(29)19-10-7-11-20(14-19)26-23(28)21(16(2)3)15-18-9-6-5-8-17(18)12-13-22(25)27/h5-16H,4H2,1-3H3,(H2,25,27)(H,26,28)/b13-12+,21-15+. The third kappa shape index (κ3) is 6.44. The van der Waals surface area contributed by atoms with Crippen molar-refractivity contribution in [2.75, 3.05) is 11.9 Å². The molecule has 0 bridgehead atoms. The zero-order valence-corrected chi connectivity index (χ0v) is 17.3. The summed E-state index contributed by atoms with van der Waals surface area (Å²) >= 11 is 0. The van der Waals surface area contributed by atoms with Crippen molar-refractivity contribution in [1.82, 2.24) is 0 Å². The lowest BCUT2D eigenvalue weighted by Gasteiger charge is -2.14. The molecule has 2 aromatic rings. The summed E-state index contributed by atoms with van der Waals surface area (Å²) in [5, 5.41) is 2.84. The van der Waals surface area contributed by atoms with Gasteiger partial charge in [-0.05, 0) is 54.3 Å². The minimum Gasteiger partial charge on any atom is -0.462 e. The maximum Gasteiger partial charge on any atom is 0.338 e. The second-order valence-electron chi connectivity index (χ2n) is 6.87. The van der Waals surface area contributed by atoms with Crippen LogP contribution in [0, 0.1) is 5.92 Å². The number of ether oxygens (including phenoxy) is 1. The zero-order valence-electron chi connectivity index (χ0n) is 17.3. The molecular formula is C24H26N2O4. The minimum atomic E-state index is -0.544. The summed E-state index contributed by atoms with van der Waals surface area (Å²) in [5.41, 5.74) is 8.16. The summed E-state index contributed by atoms with van der Waals surface area (Å²) < 4.78 is 5.00. The average Bonchev–Trinajstić information content (AvgIpc) is 2.71. The van der Waals surface area contributed by atoms with E-state index in [2.05, 4.69) is 5.32 Å². The van der Waals surface area contributed by atoms with E-state index in [0.29, 0.717) is 16.8 Å². The van der Waals surface area contributed by atoms with Gasteiger partial charge < -0.3 is 15.8 Å². The van der Waals surface area contributed by atoms with E-state index in [1.54, 1.807) is 43.3 Å². The van der Waals surface area contributed by atoms with E-state index in [1.165, 1.54) is 6.08 Å². The van der Waals surface area contributed by atoms with Gasteiger partial charge in [0.05, 0.1) is 12.2 Å². The number of esters is 1. The molecule has 0 fully saturated rings. The molecule has 0 atom stereocenters. The minimum absolute atomic E-state index is 0.0635. The van der Waals surface area contributed by atoms with Crippen LogP contribution in [0.5, 0.6) is 0 Å². The van der Waals surface area contributed by atoms with Gasteiger partial charge in [-0.15, -0.1) is 0 Å². The highest BCUT2D eigenvalue weighted by molar-refractivity contribution is 6.07. The van der Waals surface area contributed by atoms with Crippen molar-refractivity contribution < 1.29 is 19.1 Å². The molecule has 0 saturated carbocycles. The Hall–Kier alpha value is -3.67. The molecule has 30 heavy (non-hydrogen) atoms. The van der Waals surface area contributed by atoms with Crippen LogP contribution in [-0.2, 0) is 14.3 Å². The Balaban J connectivity index is 2.32. The van der Waals surface area contributed by atoms with Crippen LogP contribution in [0.3, 0.4) is 0 Å². The van der Waals surface area contributed by atoms with Gasteiger partial charge in [-0.2, -0.15) is 0 Å². The Labute approximate surface area is 176 Å². The van der Waals surface area contributed by atoms with Gasteiger partial charge in [0.2, 0.25) is 5.91 Å². The number of anilines is 1. The van der Waals surface area contributed by atoms with Crippen LogP contribution >= 0.6 is 0 Å². The number of amides is 2. The first-order chi connectivity index (χ1) is 14.3. The first-order valence-electron chi connectivity index (χ1n) is 9.68. The average molecular weight is 406 g/mol. The van der Waals surface area contributed by atoms with E-state index in [9.17, 15) is 14.4 Å². The van der Waals surface area contributed by atoms with Gasteiger partial charge in [0.1, 0.15) is 0 Å². The van der Waals surface area contributed by atoms with E-state index in [4.69, 9.17) is 10.5 Å². The van der Waals surface area contributed by atoms with Gasteiger partial charge in [0, 0.05) is 17.3 Å². The van der Waals surface area contributed by atoms with Crippen LogP contribution in [0.25, 0.3) is 12.2 Å². The Morgan fingerprint density at radius 1 is 1.07 bits per heavy atom. The molecule has 0 aromatic heterocycles. The lowest BCUT2D eigenvalue weighted by Crippen LogP contribution is -2.18. The molecule has 156 valence electrons. The number of nitrogens with one attached hydrogen (secondary N) is 1. The second kappa shape index (κ2) is 10.8. The molecule has 0 saturated heterocycles. The lowest BCUT2D eigenvalue weighted by molar-refractivity contribution is -0.114. The molecule has 6 heteroatoms. The normalized spacial score (nSPS) is 11.5. The van der Waals surface area contributed by atoms with Crippen molar-refractivity contribution in [3.05, 3.63) is 76.9 Å². The molecule has 0 aliphatic rings. The van der Waals surface area contributed by atoms with Crippen molar-refractivity contribution in [3.63, 3.8) is 0 Å². The molecule has 0 radical (unpaired) electrons. The molecule has 2 amide bonds. The molecular weight excluding hydrogens is 380 g/mol. The topological polar surface area (TPSA) is 98.5 Å². The predicted octanol–water partition coefficient (Wildman–Crippen LogP) is 4.04. The Morgan fingerprint density at radius 3 is 2.40 bits per heavy atom. The van der Waals surface area contributed by atoms with Crippen LogP contribution in [0.15, 0.2) is 60.2 Å². The maximum absolute atomic E-state index is 13.0. The Morgan fingerprint density at radius 2 is 1.77 bits per heavy atom. The fourth-order valence-electron chi connectivity index (χ4n) is 2.77. The molecule has 0 unspecified atom stereocenters. The smallest absolute Gasteiger partial charge is 0.338 e. The van der Waals surface area contributed by atoms with Gasteiger partial charge in [-0.3, -0.25) is 9.59 Å². The van der Waals surface area contributed by atoms with Crippen molar-refractivity contribution in [3.8, 4) is 0 Å². The quantitative estimate of drug-likeness (QED) is 0.510. The Kier molecular flexibility index (Phi) is 8.11. The molecule has 0 aliphatic heterocycles. The van der Waals surface area contributed by atoms with Crippen LogP contribution in [0.2, 0.25) is 0 Å². The van der Waals surface area contributed by atoms with E-state index >= 15 is 0 Å². The highest BCUT2D eigenvalue weighted by Crippen LogP contribution is 2.21. The largest absolute Gasteiger partial charge is 0.462 e. The molecule has 2 aromatic carbocycles. The summed E-state index contributed by atoms with van der Waals surface area (Å²) in [5.74, 6) is -1.33. The van der Waals surface area contributed by atoms with Crippen LogP contribution < -0.4 is 11.1 Å². The highest BCUT2D eigenvalue weighted by Gasteiger charge is 2.15. The van der Waals surface area contributed by atoms with Gasteiger partial charge in [-0.1, -0.05) is 44.2 Å². The summed E-state index contributed by atoms with van der Waals surface area (Å²) in [7, 11) is 0. The molecule has 2 rings (SSSR count). The van der Waals surface area contributed by atoms with Crippen molar-refractivity contribution in [2.24, 2.45) is 11.7 Å². The van der Waals surface area contributed by atoms with Gasteiger partial charge >= 0.3 is 5.97 Å². The van der Waals surface area contributed by atoms with Gasteiger partial charge in [0.15, 0.2) is 0 Å². The molecule has 0 aliphatic carbocycles. The fraction of sp³-hybridized carbons (Fsp3) is 0.208. The molecule has 0 spiro atoms. The number of carbonyl (C=O) groups excluding carboxylic acids is 3. The number of benzene rings is 2. The Bertz CT molecular complexity index is 990.